The van der Waals surface area contributed by atoms with E-state index < -0.39 is 46.7 Å². The summed E-state index contributed by atoms with van der Waals surface area (Å²) in [5, 5.41) is 0. The first-order chi connectivity index (χ1) is 8.31. The molecule has 1 aromatic carbocycles. The Labute approximate surface area is 99.4 Å². The third-order valence-corrected chi connectivity index (χ3v) is 2.39. The molecule has 0 heterocycles. The van der Waals surface area contributed by atoms with E-state index in [1.54, 1.807) is 6.92 Å². The minimum atomic E-state index is -2.30. The lowest BCUT2D eigenvalue weighted by atomic mass is 10.1. The zero-order chi connectivity index (χ0) is 14.0. The predicted octanol–water partition coefficient (Wildman–Crippen LogP) is 3.33. The molecule has 0 fully saturated rings. The molecule has 1 aromatic rings. The number of carbonyl (C=O) groups is 1. The fourth-order valence-corrected chi connectivity index (χ4v) is 1.04. The fraction of sp³-hybridized carbons (Fsp3) is 0.364. The maximum Gasteiger partial charge on any atom is 0.314 e. The van der Waals surface area contributed by atoms with E-state index >= 15 is 0 Å². The SMILES string of the molecule is CCC(C)C(=O)Oc1c(F)c(F)c(F)c(F)c1F. The third-order valence-electron chi connectivity index (χ3n) is 2.39. The maximum absolute atomic E-state index is 13.1. The van der Waals surface area contributed by atoms with Gasteiger partial charge in [-0.25, -0.2) is 13.2 Å². The van der Waals surface area contributed by atoms with E-state index in [-0.39, 0.29) is 0 Å². The van der Waals surface area contributed by atoms with Gasteiger partial charge >= 0.3 is 5.97 Å². The van der Waals surface area contributed by atoms with Crippen LogP contribution in [0, 0.1) is 35.0 Å². The average molecular weight is 268 g/mol. The molecule has 2 nitrogen and oxygen atoms in total. The monoisotopic (exact) mass is 268 g/mol. The molecule has 0 aliphatic heterocycles. The molecular weight excluding hydrogens is 259 g/mol. The summed E-state index contributed by atoms with van der Waals surface area (Å²) in [6.07, 6.45) is 0.300. The number of rotatable bonds is 3. The molecule has 100 valence electrons. The van der Waals surface area contributed by atoms with E-state index in [0.29, 0.717) is 6.42 Å². The highest BCUT2D eigenvalue weighted by Gasteiger charge is 2.29. The van der Waals surface area contributed by atoms with Crippen molar-refractivity contribution in [1.29, 1.82) is 0 Å². The summed E-state index contributed by atoms with van der Waals surface area (Å²) in [6.45, 7) is 3.00. The van der Waals surface area contributed by atoms with Crippen molar-refractivity contribution in [3.63, 3.8) is 0 Å². The minimum Gasteiger partial charge on any atom is -0.420 e. The lowest BCUT2D eigenvalue weighted by Crippen LogP contribution is -2.19. The summed E-state index contributed by atoms with van der Waals surface area (Å²) in [7, 11) is 0. The Morgan fingerprint density at radius 1 is 1.00 bits per heavy atom. The second kappa shape index (κ2) is 5.32. The normalized spacial score (nSPS) is 12.4. The van der Waals surface area contributed by atoms with Crippen molar-refractivity contribution in [2.75, 3.05) is 0 Å². The van der Waals surface area contributed by atoms with Gasteiger partial charge in [0.15, 0.2) is 0 Å². The van der Waals surface area contributed by atoms with Gasteiger partial charge in [-0.05, 0) is 6.42 Å². The molecule has 0 saturated carbocycles. The molecule has 0 radical (unpaired) electrons. The van der Waals surface area contributed by atoms with Crippen LogP contribution in [-0.4, -0.2) is 5.97 Å². The number of hydrogen-bond donors (Lipinski definition) is 0. The Hall–Kier alpha value is -1.66. The topological polar surface area (TPSA) is 26.3 Å². The van der Waals surface area contributed by atoms with Gasteiger partial charge in [0.1, 0.15) is 0 Å². The van der Waals surface area contributed by atoms with Crippen LogP contribution in [0.2, 0.25) is 0 Å². The molecule has 1 unspecified atom stereocenters. The van der Waals surface area contributed by atoms with E-state index in [9.17, 15) is 26.7 Å². The van der Waals surface area contributed by atoms with Crippen molar-refractivity contribution in [3.8, 4) is 5.75 Å². The van der Waals surface area contributed by atoms with E-state index in [4.69, 9.17) is 0 Å². The average Bonchev–Trinajstić information content (AvgIpc) is 2.37. The van der Waals surface area contributed by atoms with E-state index in [0.717, 1.165) is 0 Å². The van der Waals surface area contributed by atoms with Gasteiger partial charge < -0.3 is 4.74 Å². The molecule has 1 atom stereocenters. The largest absolute Gasteiger partial charge is 0.420 e. The lowest BCUT2D eigenvalue weighted by molar-refractivity contribution is -0.138. The summed E-state index contributed by atoms with van der Waals surface area (Å²) in [4.78, 5) is 11.3. The first-order valence-electron chi connectivity index (χ1n) is 5.04. The van der Waals surface area contributed by atoms with Crippen LogP contribution < -0.4 is 4.74 Å². The van der Waals surface area contributed by atoms with Gasteiger partial charge in [0, 0.05) is 0 Å². The van der Waals surface area contributed by atoms with Crippen LogP contribution in [0.3, 0.4) is 0 Å². The van der Waals surface area contributed by atoms with Crippen LogP contribution in [0.15, 0.2) is 0 Å². The van der Waals surface area contributed by atoms with Crippen LogP contribution in [0.1, 0.15) is 20.3 Å². The maximum atomic E-state index is 13.1. The van der Waals surface area contributed by atoms with Crippen LogP contribution in [0.25, 0.3) is 0 Å². The Balaban J connectivity index is 3.22. The Morgan fingerprint density at radius 3 is 1.78 bits per heavy atom. The van der Waals surface area contributed by atoms with Crippen LogP contribution in [-0.2, 0) is 4.79 Å². The standard InChI is InChI=1S/C11H9F5O2/c1-3-4(2)11(17)18-10-8(15)6(13)5(12)7(14)9(10)16/h4H,3H2,1-2H3. The Bertz CT molecular complexity index is 458. The molecule has 0 bridgehead atoms. The summed E-state index contributed by atoms with van der Waals surface area (Å²) in [5.41, 5.74) is 0. The molecule has 0 aliphatic rings. The minimum absolute atomic E-state index is 0.300. The number of carbonyl (C=O) groups excluding carboxylic acids is 1. The molecule has 0 spiro atoms. The summed E-state index contributed by atoms with van der Waals surface area (Å²) >= 11 is 0. The van der Waals surface area contributed by atoms with Gasteiger partial charge in [0.2, 0.25) is 34.8 Å². The van der Waals surface area contributed by atoms with Crippen LogP contribution in [0.4, 0.5) is 22.0 Å². The highest BCUT2D eigenvalue weighted by Crippen LogP contribution is 2.29. The summed E-state index contributed by atoms with van der Waals surface area (Å²) < 4.78 is 68.7. The van der Waals surface area contributed by atoms with Crippen molar-refractivity contribution in [2.45, 2.75) is 20.3 Å². The molecular formula is C11H9F5O2. The Morgan fingerprint density at radius 2 is 1.39 bits per heavy atom. The number of esters is 1. The second-order valence-corrected chi connectivity index (χ2v) is 3.63. The molecule has 1 rings (SSSR count). The van der Waals surface area contributed by atoms with Crippen molar-refractivity contribution in [2.24, 2.45) is 5.92 Å². The van der Waals surface area contributed by atoms with Gasteiger partial charge in [-0.1, -0.05) is 13.8 Å². The van der Waals surface area contributed by atoms with E-state index in [2.05, 4.69) is 4.74 Å². The summed E-state index contributed by atoms with van der Waals surface area (Å²) in [6, 6.07) is 0. The van der Waals surface area contributed by atoms with Gasteiger partial charge in [0.05, 0.1) is 5.92 Å². The molecule has 0 aliphatic carbocycles. The van der Waals surface area contributed by atoms with Crippen LogP contribution >= 0.6 is 0 Å². The van der Waals surface area contributed by atoms with Crippen molar-refractivity contribution in [3.05, 3.63) is 29.1 Å². The number of halogens is 5. The zero-order valence-corrected chi connectivity index (χ0v) is 9.49. The molecule has 0 amide bonds. The summed E-state index contributed by atoms with van der Waals surface area (Å²) in [5.74, 6) is -14.3. The molecule has 0 saturated heterocycles. The van der Waals surface area contributed by atoms with Crippen molar-refractivity contribution in [1.82, 2.24) is 0 Å². The van der Waals surface area contributed by atoms with E-state index in [1.807, 2.05) is 0 Å². The Kier molecular flexibility index (Phi) is 4.26. The smallest absolute Gasteiger partial charge is 0.314 e. The predicted molar refractivity (Wildman–Crippen MR) is 51.3 cm³/mol. The second-order valence-electron chi connectivity index (χ2n) is 3.63. The van der Waals surface area contributed by atoms with Crippen molar-refractivity contribution >= 4 is 5.97 Å². The third kappa shape index (κ3) is 2.44. The lowest BCUT2D eigenvalue weighted by Gasteiger charge is -2.11. The fourth-order valence-electron chi connectivity index (χ4n) is 1.04. The zero-order valence-electron chi connectivity index (χ0n) is 9.49. The molecule has 0 aromatic heterocycles. The highest BCUT2D eigenvalue weighted by atomic mass is 19.2. The van der Waals surface area contributed by atoms with Gasteiger partial charge in [-0.3, -0.25) is 4.79 Å². The highest BCUT2D eigenvalue weighted by molar-refractivity contribution is 5.74. The number of hydrogen-bond acceptors (Lipinski definition) is 2. The molecule has 7 heteroatoms. The van der Waals surface area contributed by atoms with Gasteiger partial charge in [-0.15, -0.1) is 0 Å². The van der Waals surface area contributed by atoms with E-state index in [1.165, 1.54) is 6.92 Å². The number of ether oxygens (including phenoxy) is 1. The molecule has 0 N–H and O–H groups in total. The first-order valence-corrected chi connectivity index (χ1v) is 5.04. The van der Waals surface area contributed by atoms with Gasteiger partial charge in [0.25, 0.3) is 0 Å². The first kappa shape index (κ1) is 14.4. The van der Waals surface area contributed by atoms with Gasteiger partial charge in [-0.2, -0.15) is 8.78 Å². The van der Waals surface area contributed by atoms with Crippen LogP contribution in [0.5, 0.6) is 5.75 Å². The number of benzene rings is 1. The molecule has 18 heavy (non-hydrogen) atoms. The van der Waals surface area contributed by atoms with Crippen molar-refractivity contribution < 1.29 is 31.5 Å². The quantitative estimate of drug-likeness (QED) is 0.276.